The Balaban J connectivity index is 1.37. The Hall–Kier alpha value is -5.29. The molecule has 0 bridgehead atoms. The van der Waals surface area contributed by atoms with E-state index in [1.165, 1.54) is 0 Å². The van der Waals surface area contributed by atoms with Crippen molar-refractivity contribution in [2.24, 2.45) is 0 Å². The number of aliphatic carboxylic acids is 1. The van der Waals surface area contributed by atoms with Crippen molar-refractivity contribution in [3.05, 3.63) is 118 Å². The summed E-state index contributed by atoms with van der Waals surface area (Å²) in [4.78, 5) is 43.1. The smallest absolute Gasteiger partial charge is 0.439 e. The average Bonchev–Trinajstić information content (AvgIpc) is 3.62. The largest absolute Gasteiger partial charge is 0.479 e. The van der Waals surface area contributed by atoms with E-state index in [9.17, 15) is 24.6 Å². The number of amides is 1. The maximum absolute atomic E-state index is 13.1. The summed E-state index contributed by atoms with van der Waals surface area (Å²) in [7, 11) is 0. The highest BCUT2D eigenvalue weighted by molar-refractivity contribution is 5.90. The highest BCUT2D eigenvalue weighted by atomic mass is 16.5. The first kappa shape index (κ1) is 28.2. The van der Waals surface area contributed by atoms with Crippen LogP contribution in [-0.4, -0.2) is 43.3 Å². The highest BCUT2D eigenvalue weighted by Gasteiger charge is 2.31. The molecule has 0 aliphatic carbocycles. The van der Waals surface area contributed by atoms with E-state index in [1.807, 2.05) is 55.5 Å². The van der Waals surface area contributed by atoms with Crippen molar-refractivity contribution in [3.63, 3.8) is 0 Å². The zero-order chi connectivity index (χ0) is 29.6. The van der Waals surface area contributed by atoms with Gasteiger partial charge in [0.25, 0.3) is 5.89 Å². The number of H-pyrrole nitrogens is 1. The normalized spacial score (nSPS) is 12.5. The minimum atomic E-state index is -1.87. The van der Waals surface area contributed by atoms with Crippen LogP contribution >= 0.6 is 0 Å². The van der Waals surface area contributed by atoms with Gasteiger partial charge in [-0.15, -0.1) is 0 Å². The number of rotatable bonds is 11. The van der Waals surface area contributed by atoms with Crippen molar-refractivity contribution < 1.29 is 28.7 Å². The van der Waals surface area contributed by atoms with Gasteiger partial charge in [-0.1, -0.05) is 90.9 Å². The van der Waals surface area contributed by atoms with Crippen molar-refractivity contribution in [1.82, 2.24) is 20.4 Å². The van der Waals surface area contributed by atoms with Crippen LogP contribution in [0.3, 0.4) is 0 Å². The lowest BCUT2D eigenvalue weighted by Crippen LogP contribution is -2.40. The molecule has 2 heterocycles. The standard InChI is InChI=1S/C31H28N4O7/c1-2-8-24-23(32-29(41-24)28(37)33-25(26(36)30(38)39)20-9-4-3-5-10-20)17-18-13-15-19(16-14-18)21-11-6-7-12-22(21)27-34-31(40)42-35-27/h3-7,9-16,25-26,36H,2,8,17H2,1H3,(H,33,37)(H,38,39)(H,34,35,40). The zero-order valence-electron chi connectivity index (χ0n) is 22.6. The van der Waals surface area contributed by atoms with Gasteiger partial charge in [0, 0.05) is 18.4 Å². The van der Waals surface area contributed by atoms with Crippen molar-refractivity contribution >= 4 is 11.9 Å². The molecule has 1 amide bonds. The summed E-state index contributed by atoms with van der Waals surface area (Å²) in [6, 6.07) is 22.4. The third-order valence-corrected chi connectivity index (χ3v) is 6.72. The van der Waals surface area contributed by atoms with Crippen LogP contribution in [0.25, 0.3) is 22.5 Å². The summed E-state index contributed by atoms with van der Waals surface area (Å²) in [5.74, 6) is -2.15. The van der Waals surface area contributed by atoms with Crippen LogP contribution < -0.4 is 11.1 Å². The molecular formula is C31H28N4O7. The molecule has 11 heteroatoms. The summed E-state index contributed by atoms with van der Waals surface area (Å²) in [5, 5.41) is 26.0. The van der Waals surface area contributed by atoms with Gasteiger partial charge in [-0.25, -0.2) is 14.6 Å². The van der Waals surface area contributed by atoms with E-state index < -0.39 is 29.8 Å². The van der Waals surface area contributed by atoms with Crippen molar-refractivity contribution in [2.45, 2.75) is 38.3 Å². The van der Waals surface area contributed by atoms with Crippen LogP contribution in [0.4, 0.5) is 0 Å². The number of hydrogen-bond acceptors (Lipinski definition) is 8. The number of oxazole rings is 1. The number of carbonyl (C=O) groups is 2. The second-order valence-corrected chi connectivity index (χ2v) is 9.65. The van der Waals surface area contributed by atoms with Crippen LogP contribution in [0, 0.1) is 0 Å². The van der Waals surface area contributed by atoms with Crippen LogP contribution in [0.2, 0.25) is 0 Å². The quantitative estimate of drug-likeness (QED) is 0.183. The first-order chi connectivity index (χ1) is 20.3. The molecule has 0 saturated heterocycles. The van der Waals surface area contributed by atoms with Crippen LogP contribution in [-0.2, 0) is 17.6 Å². The summed E-state index contributed by atoms with van der Waals surface area (Å²) >= 11 is 0. The Morgan fingerprint density at radius 2 is 1.67 bits per heavy atom. The number of carboxylic acid groups (broad SMARTS) is 1. The number of nitrogens with zero attached hydrogens (tertiary/aromatic N) is 2. The number of benzene rings is 3. The molecule has 0 aliphatic heterocycles. The summed E-state index contributed by atoms with van der Waals surface area (Å²) < 4.78 is 10.5. The van der Waals surface area contributed by atoms with Gasteiger partial charge < -0.3 is 19.9 Å². The Kier molecular flexibility index (Phi) is 8.39. The zero-order valence-corrected chi connectivity index (χ0v) is 22.6. The van der Waals surface area contributed by atoms with Gasteiger partial charge in [0.05, 0.1) is 11.7 Å². The van der Waals surface area contributed by atoms with E-state index in [1.54, 1.807) is 30.3 Å². The Bertz CT molecular complexity index is 1740. The number of aromatic amines is 1. The molecule has 0 radical (unpaired) electrons. The Morgan fingerprint density at radius 3 is 2.31 bits per heavy atom. The van der Waals surface area contributed by atoms with Gasteiger partial charge in [-0.2, -0.15) is 0 Å². The van der Waals surface area contributed by atoms with E-state index in [0.717, 1.165) is 28.7 Å². The third-order valence-electron chi connectivity index (χ3n) is 6.72. The van der Waals surface area contributed by atoms with Gasteiger partial charge in [-0.05, 0) is 28.7 Å². The Labute approximate surface area is 239 Å². The number of aliphatic hydroxyl groups is 1. The fourth-order valence-corrected chi connectivity index (χ4v) is 4.67. The number of aliphatic hydroxyl groups excluding tert-OH is 1. The van der Waals surface area contributed by atoms with Gasteiger partial charge >= 0.3 is 17.6 Å². The van der Waals surface area contributed by atoms with Crippen LogP contribution in [0.5, 0.6) is 0 Å². The van der Waals surface area contributed by atoms with Gasteiger partial charge in [0.15, 0.2) is 11.9 Å². The molecule has 4 N–H and O–H groups in total. The molecule has 2 atom stereocenters. The molecule has 3 aromatic carbocycles. The van der Waals surface area contributed by atoms with Crippen LogP contribution in [0.1, 0.15) is 52.7 Å². The van der Waals surface area contributed by atoms with Crippen molar-refractivity contribution in [1.29, 1.82) is 0 Å². The third kappa shape index (κ3) is 6.21. The molecule has 42 heavy (non-hydrogen) atoms. The molecule has 2 aromatic heterocycles. The molecule has 11 nitrogen and oxygen atoms in total. The number of carbonyl (C=O) groups excluding carboxylic acids is 1. The molecule has 214 valence electrons. The molecule has 0 aliphatic rings. The second kappa shape index (κ2) is 12.5. The summed E-state index contributed by atoms with van der Waals surface area (Å²) in [5.41, 5.74) is 4.42. The van der Waals surface area contributed by atoms with Gasteiger partial charge in [0.1, 0.15) is 5.76 Å². The first-order valence-electron chi connectivity index (χ1n) is 13.3. The lowest BCUT2D eigenvalue weighted by molar-refractivity contribution is -0.148. The number of aryl methyl sites for hydroxylation is 1. The fraction of sp³-hybridized carbons (Fsp3) is 0.194. The minimum Gasteiger partial charge on any atom is -0.479 e. The maximum Gasteiger partial charge on any atom is 0.439 e. The lowest BCUT2D eigenvalue weighted by Gasteiger charge is -2.21. The second-order valence-electron chi connectivity index (χ2n) is 9.65. The lowest BCUT2D eigenvalue weighted by atomic mass is 9.97. The molecular weight excluding hydrogens is 540 g/mol. The molecule has 0 saturated carbocycles. The topological polar surface area (TPSA) is 172 Å². The van der Waals surface area contributed by atoms with Crippen molar-refractivity contribution in [3.8, 4) is 22.5 Å². The summed E-state index contributed by atoms with van der Waals surface area (Å²) in [6.07, 6.45) is -0.163. The molecule has 5 aromatic rings. The average molecular weight is 569 g/mol. The molecule has 5 rings (SSSR count). The number of carboxylic acids is 1. The van der Waals surface area contributed by atoms with Gasteiger partial charge in [0.2, 0.25) is 0 Å². The molecule has 0 spiro atoms. The van der Waals surface area contributed by atoms with E-state index in [0.29, 0.717) is 35.7 Å². The highest BCUT2D eigenvalue weighted by Crippen LogP contribution is 2.30. The van der Waals surface area contributed by atoms with E-state index in [4.69, 9.17) is 4.42 Å². The fourth-order valence-electron chi connectivity index (χ4n) is 4.67. The maximum atomic E-state index is 13.1. The first-order valence-corrected chi connectivity index (χ1v) is 13.3. The van der Waals surface area contributed by atoms with E-state index in [2.05, 4.69) is 25.0 Å². The SMILES string of the molecule is CCCc1oc(C(=O)NC(c2ccccc2)C(O)C(=O)O)nc1Cc1ccc(-c2ccccc2-c2noc(=O)[nH]2)cc1. The monoisotopic (exact) mass is 568 g/mol. The van der Waals surface area contributed by atoms with Gasteiger partial charge in [-0.3, -0.25) is 14.3 Å². The van der Waals surface area contributed by atoms with Crippen LogP contribution in [0.15, 0.2) is 92.6 Å². The predicted octanol–water partition coefficient (Wildman–Crippen LogP) is 4.14. The minimum absolute atomic E-state index is 0.209. The number of hydrogen-bond donors (Lipinski definition) is 4. The van der Waals surface area contributed by atoms with E-state index in [-0.39, 0.29) is 5.89 Å². The number of aromatic nitrogens is 3. The molecule has 2 unspecified atom stereocenters. The predicted molar refractivity (Wildman–Crippen MR) is 152 cm³/mol. The summed E-state index contributed by atoms with van der Waals surface area (Å²) in [6.45, 7) is 1.98. The van der Waals surface area contributed by atoms with Crippen molar-refractivity contribution in [2.75, 3.05) is 0 Å². The molecule has 0 fully saturated rings. The van der Waals surface area contributed by atoms with E-state index >= 15 is 0 Å². The Morgan fingerprint density at radius 1 is 0.976 bits per heavy atom. The number of nitrogens with one attached hydrogen (secondary N) is 2.